The van der Waals surface area contributed by atoms with Crippen LogP contribution < -0.4 is 10.1 Å². The molecule has 7 heteroatoms. The van der Waals surface area contributed by atoms with Gasteiger partial charge >= 0.3 is 0 Å². The summed E-state index contributed by atoms with van der Waals surface area (Å²) in [6.07, 6.45) is 0. The number of rotatable bonds is 5. The number of nitrogens with zero attached hydrogens (tertiary/aromatic N) is 2. The Morgan fingerprint density at radius 3 is 2.45 bits per heavy atom. The first kappa shape index (κ1) is 21.1. The van der Waals surface area contributed by atoms with Crippen molar-refractivity contribution in [1.82, 2.24) is 9.80 Å². The normalized spacial score (nSPS) is 14.6. The number of likely N-dealkylation sites (N-methyl/N-ethyl adjacent to an activating group) is 1. The summed E-state index contributed by atoms with van der Waals surface area (Å²) in [5, 5.41) is 3.11. The van der Waals surface area contributed by atoms with Crippen molar-refractivity contribution >= 4 is 29.1 Å². The molecule has 0 atom stereocenters. The maximum atomic E-state index is 12.8. The molecule has 0 unspecified atom stereocenters. The van der Waals surface area contributed by atoms with Gasteiger partial charge in [0.1, 0.15) is 5.75 Å². The molecule has 0 saturated carbocycles. The summed E-state index contributed by atoms with van der Waals surface area (Å²) >= 11 is 6.22. The number of halogens is 1. The van der Waals surface area contributed by atoms with Gasteiger partial charge in [-0.3, -0.25) is 9.59 Å². The Morgan fingerprint density at radius 2 is 1.76 bits per heavy atom. The molecule has 0 aliphatic carbocycles. The lowest BCUT2D eigenvalue weighted by atomic mass is 10.1. The molecule has 3 rings (SSSR count). The maximum absolute atomic E-state index is 12.8. The van der Waals surface area contributed by atoms with E-state index < -0.39 is 0 Å². The molecular formula is C22H26ClN3O3. The second-order valence-electron chi connectivity index (χ2n) is 7.37. The SMILES string of the molecule is Cc1ccc(OCC(=O)Nc2cc(C(=O)N3CCN(C)CC3)ccc2Cl)cc1C. The van der Waals surface area contributed by atoms with Crippen LogP contribution in [0.3, 0.4) is 0 Å². The number of carbonyl (C=O) groups is 2. The molecule has 0 aromatic heterocycles. The van der Waals surface area contributed by atoms with Crippen LogP contribution in [0.25, 0.3) is 0 Å². The van der Waals surface area contributed by atoms with Crippen molar-refractivity contribution in [3.63, 3.8) is 0 Å². The van der Waals surface area contributed by atoms with Crippen LogP contribution >= 0.6 is 11.6 Å². The number of anilines is 1. The van der Waals surface area contributed by atoms with Gasteiger partial charge in [-0.25, -0.2) is 0 Å². The van der Waals surface area contributed by atoms with Gasteiger partial charge in [-0.15, -0.1) is 0 Å². The fraction of sp³-hybridized carbons (Fsp3) is 0.364. The smallest absolute Gasteiger partial charge is 0.262 e. The molecule has 6 nitrogen and oxygen atoms in total. The lowest BCUT2D eigenvalue weighted by Crippen LogP contribution is -2.47. The van der Waals surface area contributed by atoms with E-state index in [0.717, 1.165) is 24.2 Å². The quantitative estimate of drug-likeness (QED) is 0.813. The molecule has 0 radical (unpaired) electrons. The molecule has 1 heterocycles. The van der Waals surface area contributed by atoms with Crippen LogP contribution in [0.1, 0.15) is 21.5 Å². The van der Waals surface area contributed by atoms with Crippen LogP contribution in [0.15, 0.2) is 36.4 Å². The number of nitrogens with one attached hydrogen (secondary N) is 1. The van der Waals surface area contributed by atoms with Gasteiger partial charge in [0, 0.05) is 31.7 Å². The van der Waals surface area contributed by atoms with Crippen molar-refractivity contribution in [3.8, 4) is 5.75 Å². The van der Waals surface area contributed by atoms with Gasteiger partial charge in [-0.2, -0.15) is 0 Å². The van der Waals surface area contributed by atoms with E-state index in [0.29, 0.717) is 35.1 Å². The van der Waals surface area contributed by atoms with E-state index in [1.165, 1.54) is 0 Å². The first-order valence-corrected chi connectivity index (χ1v) is 9.98. The Morgan fingerprint density at radius 1 is 1.03 bits per heavy atom. The van der Waals surface area contributed by atoms with Crippen molar-refractivity contribution in [2.24, 2.45) is 0 Å². The third-order valence-electron chi connectivity index (χ3n) is 5.13. The molecule has 29 heavy (non-hydrogen) atoms. The minimum atomic E-state index is -0.339. The number of ether oxygens (including phenoxy) is 1. The Kier molecular flexibility index (Phi) is 6.77. The Bertz CT molecular complexity index is 908. The summed E-state index contributed by atoms with van der Waals surface area (Å²) in [4.78, 5) is 29.1. The van der Waals surface area contributed by atoms with Gasteiger partial charge in [-0.05, 0) is 62.4 Å². The maximum Gasteiger partial charge on any atom is 0.262 e. The molecule has 1 fully saturated rings. The third kappa shape index (κ3) is 5.49. The van der Waals surface area contributed by atoms with Crippen LogP contribution in [0.4, 0.5) is 5.69 Å². The summed E-state index contributed by atoms with van der Waals surface area (Å²) < 4.78 is 5.56. The monoisotopic (exact) mass is 415 g/mol. The Balaban J connectivity index is 1.62. The van der Waals surface area contributed by atoms with E-state index in [-0.39, 0.29) is 18.4 Å². The molecule has 2 aromatic carbocycles. The third-order valence-corrected chi connectivity index (χ3v) is 5.46. The number of aryl methyl sites for hydroxylation is 2. The number of carbonyl (C=O) groups excluding carboxylic acids is 2. The Labute approximate surface area is 176 Å². The van der Waals surface area contributed by atoms with Gasteiger partial charge in [0.25, 0.3) is 11.8 Å². The second kappa shape index (κ2) is 9.29. The van der Waals surface area contributed by atoms with Crippen LogP contribution in [0, 0.1) is 13.8 Å². The highest BCUT2D eigenvalue weighted by atomic mass is 35.5. The minimum absolute atomic E-state index is 0.0587. The highest BCUT2D eigenvalue weighted by Gasteiger charge is 2.21. The topological polar surface area (TPSA) is 61.9 Å². The summed E-state index contributed by atoms with van der Waals surface area (Å²) in [5.41, 5.74) is 3.17. The zero-order valence-corrected chi connectivity index (χ0v) is 17.8. The summed E-state index contributed by atoms with van der Waals surface area (Å²) in [5.74, 6) is 0.235. The van der Waals surface area contributed by atoms with Gasteiger partial charge in [0.2, 0.25) is 0 Å². The zero-order chi connectivity index (χ0) is 21.0. The van der Waals surface area contributed by atoms with E-state index in [2.05, 4.69) is 10.2 Å². The minimum Gasteiger partial charge on any atom is -0.484 e. The number of piperazine rings is 1. The van der Waals surface area contributed by atoms with E-state index in [4.69, 9.17) is 16.3 Å². The number of hydrogen-bond acceptors (Lipinski definition) is 4. The largest absolute Gasteiger partial charge is 0.484 e. The van der Waals surface area contributed by atoms with Gasteiger partial charge in [-0.1, -0.05) is 17.7 Å². The van der Waals surface area contributed by atoms with E-state index in [1.807, 2.05) is 44.0 Å². The lowest BCUT2D eigenvalue weighted by Gasteiger charge is -2.32. The van der Waals surface area contributed by atoms with Crippen molar-refractivity contribution in [2.75, 3.05) is 45.2 Å². The molecule has 1 N–H and O–H groups in total. The van der Waals surface area contributed by atoms with Crippen LogP contribution in [-0.2, 0) is 4.79 Å². The molecule has 0 bridgehead atoms. The Hall–Kier alpha value is -2.57. The first-order chi connectivity index (χ1) is 13.8. The molecule has 1 aliphatic heterocycles. The number of benzene rings is 2. The fourth-order valence-electron chi connectivity index (χ4n) is 3.09. The fourth-order valence-corrected chi connectivity index (χ4v) is 3.25. The molecular weight excluding hydrogens is 390 g/mol. The lowest BCUT2D eigenvalue weighted by molar-refractivity contribution is -0.118. The predicted octanol–water partition coefficient (Wildman–Crippen LogP) is 3.36. The van der Waals surface area contributed by atoms with Gasteiger partial charge in [0.05, 0.1) is 10.7 Å². The van der Waals surface area contributed by atoms with E-state index >= 15 is 0 Å². The van der Waals surface area contributed by atoms with Crippen molar-refractivity contribution < 1.29 is 14.3 Å². The van der Waals surface area contributed by atoms with Crippen LogP contribution in [-0.4, -0.2) is 61.4 Å². The molecule has 2 amide bonds. The molecule has 1 aliphatic rings. The summed E-state index contributed by atoms with van der Waals surface area (Å²) in [7, 11) is 2.04. The average Bonchev–Trinajstić information content (AvgIpc) is 2.70. The summed E-state index contributed by atoms with van der Waals surface area (Å²) in [6, 6.07) is 10.6. The standard InChI is InChI=1S/C22H26ClN3O3/c1-15-4-6-18(12-16(15)2)29-14-21(27)24-20-13-17(5-7-19(20)23)22(28)26-10-8-25(3)9-11-26/h4-7,12-13H,8-11,14H2,1-3H3,(H,24,27). The van der Waals surface area contributed by atoms with Gasteiger partial charge in [0.15, 0.2) is 6.61 Å². The van der Waals surface area contributed by atoms with Crippen LogP contribution in [0.5, 0.6) is 5.75 Å². The molecule has 0 spiro atoms. The summed E-state index contributed by atoms with van der Waals surface area (Å²) in [6.45, 7) is 6.93. The van der Waals surface area contributed by atoms with Crippen LogP contribution in [0.2, 0.25) is 5.02 Å². The van der Waals surface area contributed by atoms with E-state index in [9.17, 15) is 9.59 Å². The molecule has 2 aromatic rings. The van der Waals surface area contributed by atoms with Crippen molar-refractivity contribution in [1.29, 1.82) is 0 Å². The highest BCUT2D eigenvalue weighted by molar-refractivity contribution is 6.33. The zero-order valence-electron chi connectivity index (χ0n) is 17.0. The second-order valence-corrected chi connectivity index (χ2v) is 7.78. The first-order valence-electron chi connectivity index (χ1n) is 9.61. The van der Waals surface area contributed by atoms with Gasteiger partial charge < -0.3 is 19.9 Å². The average molecular weight is 416 g/mol. The number of amides is 2. The van der Waals surface area contributed by atoms with Crippen molar-refractivity contribution in [2.45, 2.75) is 13.8 Å². The van der Waals surface area contributed by atoms with E-state index in [1.54, 1.807) is 18.2 Å². The van der Waals surface area contributed by atoms with Crippen molar-refractivity contribution in [3.05, 3.63) is 58.1 Å². The predicted molar refractivity (Wildman–Crippen MR) is 115 cm³/mol. The number of hydrogen-bond donors (Lipinski definition) is 1. The molecule has 1 saturated heterocycles. The highest BCUT2D eigenvalue weighted by Crippen LogP contribution is 2.24. The molecule has 154 valence electrons.